The van der Waals surface area contributed by atoms with Crippen molar-refractivity contribution in [1.29, 1.82) is 5.41 Å². The molecule has 104 valence electrons. The molecule has 5 heteroatoms. The molecule has 0 heterocycles. The van der Waals surface area contributed by atoms with Crippen LogP contribution in [0.2, 0.25) is 0 Å². The Kier molecular flexibility index (Phi) is 12.1. The molecule has 0 saturated carbocycles. The van der Waals surface area contributed by atoms with Crippen LogP contribution in [0, 0.1) is 5.41 Å². The predicted octanol–water partition coefficient (Wildman–Crippen LogP) is 3.46. The van der Waals surface area contributed by atoms with E-state index in [0.717, 1.165) is 13.1 Å². The molecule has 0 saturated heterocycles. The number of halogens is 2. The zero-order valence-electron chi connectivity index (χ0n) is 10.8. The number of amidine groups is 1. The number of hydrogen-bond acceptors (Lipinski definition) is 2. The quantitative estimate of drug-likeness (QED) is 0.597. The van der Waals surface area contributed by atoms with Crippen LogP contribution in [0.1, 0.15) is 26.2 Å². The van der Waals surface area contributed by atoms with Gasteiger partial charge in [-0.05, 0) is 18.6 Å². The predicted molar refractivity (Wildman–Crippen MR) is 84.6 cm³/mol. The lowest BCUT2D eigenvalue weighted by atomic mass is 10.2. The topological polar surface area (TPSA) is 53.1 Å². The molecule has 18 heavy (non-hydrogen) atoms. The number of nitrogens with zero attached hydrogens (tertiary/aromatic N) is 1. The summed E-state index contributed by atoms with van der Waals surface area (Å²) in [7, 11) is 0. The summed E-state index contributed by atoms with van der Waals surface area (Å²) in [5, 5.41) is 7.28. The molecule has 0 atom stereocenters. The molecule has 3 nitrogen and oxygen atoms in total. The third kappa shape index (κ3) is 7.41. The van der Waals surface area contributed by atoms with E-state index in [0.29, 0.717) is 6.42 Å². The van der Waals surface area contributed by atoms with Gasteiger partial charge in [0.1, 0.15) is 0 Å². The van der Waals surface area contributed by atoms with Gasteiger partial charge in [-0.25, -0.2) is 0 Å². The van der Waals surface area contributed by atoms with Crippen molar-refractivity contribution < 1.29 is 0 Å². The van der Waals surface area contributed by atoms with Crippen molar-refractivity contribution in [2.24, 2.45) is 5.73 Å². The second-order valence-corrected chi connectivity index (χ2v) is 3.95. The summed E-state index contributed by atoms with van der Waals surface area (Å²) in [5.74, 6) is 0.262. The maximum atomic E-state index is 7.28. The number of para-hydroxylation sites is 1. The Morgan fingerprint density at radius 3 is 2.28 bits per heavy atom. The molecule has 1 rings (SSSR count). The summed E-state index contributed by atoms with van der Waals surface area (Å²) in [5.41, 5.74) is 6.62. The van der Waals surface area contributed by atoms with Crippen LogP contribution in [0.3, 0.4) is 0 Å². The molecule has 0 aromatic heterocycles. The maximum absolute atomic E-state index is 7.28. The smallest absolute Gasteiger partial charge is 0.0923 e. The fourth-order valence-electron chi connectivity index (χ4n) is 1.61. The fraction of sp³-hybridized carbons (Fsp3) is 0.462. The number of rotatable bonds is 7. The van der Waals surface area contributed by atoms with Crippen molar-refractivity contribution in [3.63, 3.8) is 0 Å². The van der Waals surface area contributed by atoms with Crippen LogP contribution in [0.25, 0.3) is 0 Å². The first-order valence-corrected chi connectivity index (χ1v) is 5.87. The van der Waals surface area contributed by atoms with Crippen LogP contribution in [0.5, 0.6) is 0 Å². The molecular formula is C13H23Cl2N3. The van der Waals surface area contributed by atoms with Gasteiger partial charge in [0.2, 0.25) is 0 Å². The molecule has 0 aliphatic rings. The first-order valence-electron chi connectivity index (χ1n) is 5.87. The summed E-state index contributed by atoms with van der Waals surface area (Å²) < 4.78 is 0. The van der Waals surface area contributed by atoms with Crippen LogP contribution in [0.4, 0.5) is 5.69 Å². The van der Waals surface area contributed by atoms with E-state index in [-0.39, 0.29) is 30.6 Å². The normalized spacial score (nSPS) is 8.94. The molecule has 1 aromatic carbocycles. The highest BCUT2D eigenvalue weighted by Crippen LogP contribution is 2.14. The van der Waals surface area contributed by atoms with Gasteiger partial charge in [-0.2, -0.15) is 0 Å². The molecule has 0 spiro atoms. The molecule has 3 N–H and O–H groups in total. The van der Waals surface area contributed by atoms with Crippen molar-refractivity contribution in [2.75, 3.05) is 18.0 Å². The van der Waals surface area contributed by atoms with Gasteiger partial charge in [-0.1, -0.05) is 31.5 Å². The lowest BCUT2D eigenvalue weighted by Crippen LogP contribution is -2.28. The van der Waals surface area contributed by atoms with E-state index >= 15 is 0 Å². The number of nitrogens with two attached hydrogens (primary N) is 1. The first-order chi connectivity index (χ1) is 7.74. The second-order valence-electron chi connectivity index (χ2n) is 3.95. The lowest BCUT2D eigenvalue weighted by molar-refractivity contribution is 0.720. The minimum Gasteiger partial charge on any atom is -0.388 e. The number of unbranched alkanes of at least 4 members (excludes halogenated alkanes) is 1. The van der Waals surface area contributed by atoms with Crippen molar-refractivity contribution in [3.8, 4) is 0 Å². The van der Waals surface area contributed by atoms with Crippen LogP contribution < -0.4 is 10.6 Å². The van der Waals surface area contributed by atoms with Gasteiger partial charge in [0.05, 0.1) is 5.84 Å². The average Bonchev–Trinajstić information content (AvgIpc) is 2.30. The molecule has 0 unspecified atom stereocenters. The van der Waals surface area contributed by atoms with Crippen LogP contribution in [-0.4, -0.2) is 18.9 Å². The summed E-state index contributed by atoms with van der Waals surface area (Å²) in [4.78, 5) is 2.30. The highest BCUT2D eigenvalue weighted by atomic mass is 35.5. The summed E-state index contributed by atoms with van der Waals surface area (Å²) in [6.45, 7) is 4.06. The standard InChI is InChI=1S/C13H21N3.2ClH/c1-2-3-10-16(11-9-13(14)15)12-7-5-4-6-8-12;;/h4-8H,2-3,9-11H2,1H3,(H3,14,15);2*1H. The van der Waals surface area contributed by atoms with E-state index in [9.17, 15) is 0 Å². The van der Waals surface area contributed by atoms with Crippen molar-refractivity contribution in [1.82, 2.24) is 0 Å². The molecule has 0 bridgehead atoms. The highest BCUT2D eigenvalue weighted by molar-refractivity contribution is 5.85. The molecule has 0 amide bonds. The van der Waals surface area contributed by atoms with E-state index in [2.05, 4.69) is 24.0 Å². The van der Waals surface area contributed by atoms with Crippen LogP contribution in [-0.2, 0) is 0 Å². The fourth-order valence-corrected chi connectivity index (χ4v) is 1.61. The van der Waals surface area contributed by atoms with Gasteiger partial charge < -0.3 is 10.6 Å². The van der Waals surface area contributed by atoms with Crippen molar-refractivity contribution in [3.05, 3.63) is 30.3 Å². The molecule has 0 fully saturated rings. The van der Waals surface area contributed by atoms with Gasteiger partial charge in [0.15, 0.2) is 0 Å². The van der Waals surface area contributed by atoms with Gasteiger partial charge in [0, 0.05) is 25.2 Å². The molecule has 0 aliphatic carbocycles. The summed E-state index contributed by atoms with van der Waals surface area (Å²) in [6, 6.07) is 10.3. The van der Waals surface area contributed by atoms with Crippen molar-refractivity contribution >= 4 is 36.3 Å². The zero-order chi connectivity index (χ0) is 11.8. The number of nitrogens with one attached hydrogen (secondary N) is 1. The Balaban J connectivity index is 0. The van der Waals surface area contributed by atoms with Gasteiger partial charge in [0.25, 0.3) is 0 Å². The van der Waals surface area contributed by atoms with Gasteiger partial charge >= 0.3 is 0 Å². The molecule has 1 aromatic rings. The van der Waals surface area contributed by atoms with E-state index in [1.165, 1.54) is 18.5 Å². The van der Waals surface area contributed by atoms with E-state index in [1.54, 1.807) is 0 Å². The van der Waals surface area contributed by atoms with Crippen molar-refractivity contribution in [2.45, 2.75) is 26.2 Å². The SMILES string of the molecule is CCCCN(CCC(=N)N)c1ccccc1.Cl.Cl. The first kappa shape index (κ1) is 19.4. The number of hydrogen-bond donors (Lipinski definition) is 2. The third-order valence-electron chi connectivity index (χ3n) is 2.55. The number of benzene rings is 1. The number of anilines is 1. The lowest BCUT2D eigenvalue weighted by Gasteiger charge is -2.24. The van der Waals surface area contributed by atoms with Gasteiger partial charge in [-0.3, -0.25) is 5.41 Å². The van der Waals surface area contributed by atoms with Crippen LogP contribution >= 0.6 is 24.8 Å². The van der Waals surface area contributed by atoms with E-state index in [4.69, 9.17) is 11.1 Å². The Bertz CT molecular complexity index is 317. The maximum Gasteiger partial charge on any atom is 0.0923 e. The second kappa shape index (κ2) is 11.2. The van der Waals surface area contributed by atoms with Gasteiger partial charge in [-0.15, -0.1) is 24.8 Å². The molecular weight excluding hydrogens is 269 g/mol. The monoisotopic (exact) mass is 291 g/mol. The largest absolute Gasteiger partial charge is 0.388 e. The Hall–Kier alpha value is -0.930. The summed E-state index contributed by atoms with van der Waals surface area (Å²) >= 11 is 0. The molecule has 0 radical (unpaired) electrons. The summed E-state index contributed by atoms with van der Waals surface area (Å²) in [6.07, 6.45) is 2.99. The Labute approximate surface area is 122 Å². The highest BCUT2D eigenvalue weighted by Gasteiger charge is 2.05. The minimum atomic E-state index is 0. The average molecular weight is 292 g/mol. The molecule has 0 aliphatic heterocycles. The van der Waals surface area contributed by atoms with E-state index < -0.39 is 0 Å². The van der Waals surface area contributed by atoms with Crippen LogP contribution in [0.15, 0.2) is 30.3 Å². The van der Waals surface area contributed by atoms with E-state index in [1.807, 2.05) is 18.2 Å². The zero-order valence-corrected chi connectivity index (χ0v) is 12.4. The third-order valence-corrected chi connectivity index (χ3v) is 2.55. The minimum absolute atomic E-state index is 0. The Morgan fingerprint density at radius 1 is 1.17 bits per heavy atom. The Morgan fingerprint density at radius 2 is 1.78 bits per heavy atom.